The van der Waals surface area contributed by atoms with Gasteiger partial charge in [0.05, 0.1) is 28.5 Å². The van der Waals surface area contributed by atoms with Crippen molar-refractivity contribution in [3.8, 4) is 17.1 Å². The molecular weight excluding hydrogens is 338 g/mol. The van der Waals surface area contributed by atoms with E-state index in [0.29, 0.717) is 16.8 Å². The number of rotatable bonds is 4. The highest BCUT2D eigenvalue weighted by atomic mass is 32.1. The summed E-state index contributed by atoms with van der Waals surface area (Å²) in [6.45, 7) is 0. The number of primary amides is 1. The second kappa shape index (κ2) is 5.95. The van der Waals surface area contributed by atoms with Crippen molar-refractivity contribution in [2.75, 3.05) is 5.73 Å². The minimum Gasteiger partial charge on any atom is -0.375 e. The molecule has 0 bridgehead atoms. The van der Waals surface area contributed by atoms with Crippen LogP contribution in [0.3, 0.4) is 0 Å². The van der Waals surface area contributed by atoms with Crippen LogP contribution in [0.2, 0.25) is 0 Å². The van der Waals surface area contributed by atoms with Crippen LogP contribution in [-0.2, 0) is 11.2 Å². The Hall–Kier alpha value is -3.33. The number of hydrogen-bond acceptors (Lipinski definition) is 7. The Morgan fingerprint density at radius 3 is 2.88 bits per heavy atom. The Bertz CT molecular complexity index is 1070. The Labute approximate surface area is 146 Å². The Morgan fingerprint density at radius 2 is 2.12 bits per heavy atom. The minimum absolute atomic E-state index is 0.0356. The van der Waals surface area contributed by atoms with Crippen LogP contribution in [0.1, 0.15) is 5.82 Å². The molecule has 0 saturated heterocycles. The highest BCUT2D eigenvalue weighted by Gasteiger charge is 2.16. The summed E-state index contributed by atoms with van der Waals surface area (Å²) in [6.07, 6.45) is 3.31. The quantitative estimate of drug-likeness (QED) is 0.574. The molecule has 4 rings (SSSR count). The van der Waals surface area contributed by atoms with E-state index in [1.165, 1.54) is 11.3 Å². The van der Waals surface area contributed by atoms with E-state index in [-0.39, 0.29) is 6.42 Å². The van der Waals surface area contributed by atoms with Gasteiger partial charge < -0.3 is 11.5 Å². The van der Waals surface area contributed by atoms with Gasteiger partial charge in [0.25, 0.3) is 0 Å². The van der Waals surface area contributed by atoms with Gasteiger partial charge in [-0.1, -0.05) is 11.3 Å². The number of hydrogen-bond donors (Lipinski definition) is 2. The summed E-state index contributed by atoms with van der Waals surface area (Å²) in [6, 6.07) is 9.42. The lowest BCUT2D eigenvalue weighted by Crippen LogP contribution is -2.14. The third-order valence-corrected chi connectivity index (χ3v) is 4.40. The summed E-state index contributed by atoms with van der Waals surface area (Å²) >= 11 is 1.42. The highest BCUT2D eigenvalue weighted by Crippen LogP contribution is 2.29. The first-order valence-corrected chi connectivity index (χ1v) is 8.23. The molecule has 0 saturated carbocycles. The van der Waals surface area contributed by atoms with Gasteiger partial charge in [-0.05, 0) is 30.3 Å². The van der Waals surface area contributed by atoms with Crippen molar-refractivity contribution in [3.63, 3.8) is 0 Å². The monoisotopic (exact) mass is 351 g/mol. The molecule has 0 unspecified atom stereocenters. The zero-order chi connectivity index (χ0) is 17.4. The van der Waals surface area contributed by atoms with E-state index >= 15 is 0 Å². The summed E-state index contributed by atoms with van der Waals surface area (Å²) in [4.78, 5) is 24.1. The van der Waals surface area contributed by atoms with E-state index < -0.39 is 5.91 Å². The zero-order valence-electron chi connectivity index (χ0n) is 13.0. The zero-order valence-corrected chi connectivity index (χ0v) is 13.8. The van der Waals surface area contributed by atoms with Crippen molar-refractivity contribution >= 4 is 32.6 Å². The van der Waals surface area contributed by atoms with Gasteiger partial charge in [-0.25, -0.2) is 14.6 Å². The lowest BCUT2D eigenvalue weighted by molar-refractivity contribution is -0.117. The van der Waals surface area contributed by atoms with Crippen molar-refractivity contribution in [2.24, 2.45) is 5.73 Å². The van der Waals surface area contributed by atoms with Crippen LogP contribution in [0.15, 0.2) is 42.7 Å². The van der Waals surface area contributed by atoms with Crippen molar-refractivity contribution in [1.29, 1.82) is 0 Å². The number of pyridine rings is 1. The molecule has 0 radical (unpaired) electrons. The van der Waals surface area contributed by atoms with Gasteiger partial charge in [0, 0.05) is 11.8 Å². The number of carbonyl (C=O) groups is 1. The first-order valence-electron chi connectivity index (χ1n) is 7.41. The van der Waals surface area contributed by atoms with Gasteiger partial charge in [-0.2, -0.15) is 5.10 Å². The summed E-state index contributed by atoms with van der Waals surface area (Å²) < 4.78 is 2.63. The fourth-order valence-corrected chi connectivity index (χ4v) is 3.23. The number of anilines is 1. The Morgan fingerprint density at radius 1 is 1.24 bits per heavy atom. The van der Waals surface area contributed by atoms with Crippen LogP contribution in [0.5, 0.6) is 0 Å². The molecular formula is C16H13N7OS. The van der Waals surface area contributed by atoms with Crippen LogP contribution < -0.4 is 11.5 Å². The molecule has 0 aliphatic rings. The number of nitrogen functional groups attached to an aromatic ring is 1. The minimum atomic E-state index is -0.488. The van der Waals surface area contributed by atoms with Crippen LogP contribution >= 0.6 is 11.3 Å². The number of benzene rings is 1. The van der Waals surface area contributed by atoms with Crippen LogP contribution in [0.25, 0.3) is 27.3 Å². The molecule has 124 valence electrons. The van der Waals surface area contributed by atoms with Gasteiger partial charge in [-0.15, -0.1) is 0 Å². The van der Waals surface area contributed by atoms with Crippen molar-refractivity contribution < 1.29 is 4.79 Å². The summed E-state index contributed by atoms with van der Waals surface area (Å²) in [5, 5.41) is 4.91. The maximum atomic E-state index is 11.2. The number of nitrogens with two attached hydrogens (primary N) is 2. The fraction of sp³-hybridized carbons (Fsp3) is 0.0625. The smallest absolute Gasteiger partial charge is 0.225 e. The van der Waals surface area contributed by atoms with Crippen molar-refractivity contribution in [2.45, 2.75) is 6.42 Å². The standard InChI is InChI=1S/C16H13N7OS/c17-13(24)7-14-21-15(23(22-14)10-2-1-5-19-8-10)9-3-4-12-11(6-9)20-16(18)25-12/h1-6,8H,7H2,(H2,17,24)(H2,18,20). The molecule has 3 heterocycles. The van der Waals surface area contributed by atoms with Gasteiger partial charge in [0.2, 0.25) is 5.91 Å². The number of aromatic nitrogens is 5. The Kier molecular flexibility index (Phi) is 3.62. The highest BCUT2D eigenvalue weighted by molar-refractivity contribution is 7.22. The first-order chi connectivity index (χ1) is 12.1. The predicted molar refractivity (Wildman–Crippen MR) is 95.1 cm³/mol. The molecule has 0 fully saturated rings. The number of thiazole rings is 1. The van der Waals surface area contributed by atoms with E-state index in [4.69, 9.17) is 11.5 Å². The molecule has 0 atom stereocenters. The van der Waals surface area contributed by atoms with E-state index in [1.807, 2.05) is 24.3 Å². The second-order valence-electron chi connectivity index (χ2n) is 5.35. The normalized spacial score (nSPS) is 11.0. The topological polar surface area (TPSA) is 126 Å². The molecule has 4 N–H and O–H groups in total. The molecule has 0 aliphatic heterocycles. The van der Waals surface area contributed by atoms with Crippen LogP contribution in [0.4, 0.5) is 5.13 Å². The molecule has 4 aromatic rings. The lowest BCUT2D eigenvalue weighted by atomic mass is 10.2. The SMILES string of the molecule is NC(=O)Cc1nc(-c2ccc3sc(N)nc3c2)n(-c2cccnc2)n1. The molecule has 3 aromatic heterocycles. The number of fused-ring (bicyclic) bond motifs is 1. The first kappa shape index (κ1) is 15.2. The Balaban J connectivity index is 1.88. The summed E-state index contributed by atoms with van der Waals surface area (Å²) in [5.74, 6) is 0.444. The number of amides is 1. The maximum Gasteiger partial charge on any atom is 0.225 e. The molecule has 8 nitrogen and oxygen atoms in total. The summed E-state index contributed by atoms with van der Waals surface area (Å²) in [5.41, 5.74) is 13.4. The molecule has 9 heteroatoms. The summed E-state index contributed by atoms with van der Waals surface area (Å²) in [7, 11) is 0. The average molecular weight is 351 g/mol. The maximum absolute atomic E-state index is 11.2. The average Bonchev–Trinajstić information content (AvgIpc) is 3.16. The fourth-order valence-electron chi connectivity index (χ4n) is 2.52. The van der Waals surface area contributed by atoms with Gasteiger partial charge in [-0.3, -0.25) is 9.78 Å². The number of nitrogens with zero attached hydrogens (tertiary/aromatic N) is 5. The van der Waals surface area contributed by atoms with Crippen molar-refractivity contribution in [3.05, 3.63) is 48.5 Å². The molecule has 0 aliphatic carbocycles. The van der Waals surface area contributed by atoms with E-state index in [0.717, 1.165) is 21.5 Å². The molecule has 25 heavy (non-hydrogen) atoms. The predicted octanol–water partition coefficient (Wildman–Crippen LogP) is 1.55. The third-order valence-electron chi connectivity index (χ3n) is 3.54. The second-order valence-corrected chi connectivity index (χ2v) is 6.41. The van der Waals surface area contributed by atoms with Crippen LogP contribution in [0, 0.1) is 0 Å². The molecule has 1 amide bonds. The largest absolute Gasteiger partial charge is 0.375 e. The van der Waals surface area contributed by atoms with Gasteiger partial charge >= 0.3 is 0 Å². The van der Waals surface area contributed by atoms with Gasteiger partial charge in [0.15, 0.2) is 16.8 Å². The van der Waals surface area contributed by atoms with Crippen LogP contribution in [-0.4, -0.2) is 30.6 Å². The number of carbonyl (C=O) groups excluding carboxylic acids is 1. The molecule has 1 aromatic carbocycles. The molecule has 0 spiro atoms. The third kappa shape index (κ3) is 2.92. The van der Waals surface area contributed by atoms with E-state index in [2.05, 4.69) is 20.1 Å². The van der Waals surface area contributed by atoms with Gasteiger partial charge in [0.1, 0.15) is 0 Å². The lowest BCUT2D eigenvalue weighted by Gasteiger charge is -2.05. The van der Waals surface area contributed by atoms with E-state index in [9.17, 15) is 4.79 Å². The van der Waals surface area contributed by atoms with Crippen molar-refractivity contribution in [1.82, 2.24) is 24.7 Å². The van der Waals surface area contributed by atoms with E-state index in [1.54, 1.807) is 23.1 Å².